The second-order valence-electron chi connectivity index (χ2n) is 7.86. The van der Waals surface area contributed by atoms with Gasteiger partial charge in [0.05, 0.1) is 17.6 Å². The van der Waals surface area contributed by atoms with Crippen molar-refractivity contribution in [2.75, 3.05) is 13.1 Å². The van der Waals surface area contributed by atoms with Crippen LogP contribution in [0.15, 0.2) is 18.2 Å². The Kier molecular flexibility index (Phi) is 6.47. The number of halogens is 3. The summed E-state index contributed by atoms with van der Waals surface area (Å²) in [6.07, 6.45) is -0.907. The zero-order valence-corrected chi connectivity index (χ0v) is 16.5. The lowest BCUT2D eigenvalue weighted by Gasteiger charge is -2.28. The molecule has 1 amide bonds. The van der Waals surface area contributed by atoms with Gasteiger partial charge in [0, 0.05) is 19.4 Å². The minimum Gasteiger partial charge on any atom is -0.444 e. The average Bonchev–Trinajstić information content (AvgIpc) is 2.93. The normalized spacial score (nSPS) is 22.8. The van der Waals surface area contributed by atoms with Crippen molar-refractivity contribution in [1.29, 1.82) is 0 Å². The van der Waals surface area contributed by atoms with E-state index in [2.05, 4.69) is 0 Å². The van der Waals surface area contributed by atoms with Gasteiger partial charge in [0.2, 0.25) is 0 Å². The van der Waals surface area contributed by atoms with Gasteiger partial charge in [0.25, 0.3) is 0 Å². The number of benzene rings is 1. The van der Waals surface area contributed by atoms with E-state index in [-0.39, 0.29) is 43.2 Å². The number of likely N-dealkylation sites (tertiary alicyclic amines) is 1. The zero-order valence-electron chi connectivity index (χ0n) is 15.7. The fraction of sp³-hybridized carbons (Fsp3) is 0.579. The molecule has 150 valence electrons. The second kappa shape index (κ2) is 8.10. The lowest BCUT2D eigenvalue weighted by atomic mass is 9.97. The lowest BCUT2D eigenvalue weighted by molar-refractivity contribution is -0.123. The molecule has 8 heteroatoms. The molecule has 0 unspecified atom stereocenters. The van der Waals surface area contributed by atoms with Crippen molar-refractivity contribution < 1.29 is 23.1 Å². The summed E-state index contributed by atoms with van der Waals surface area (Å²) < 4.78 is 34.1. The molecule has 0 aliphatic carbocycles. The molecule has 1 fully saturated rings. The third kappa shape index (κ3) is 5.39. The Labute approximate surface area is 162 Å². The summed E-state index contributed by atoms with van der Waals surface area (Å²) in [5.74, 6) is -0.947. The van der Waals surface area contributed by atoms with Gasteiger partial charge in [-0.1, -0.05) is 23.7 Å². The minimum absolute atomic E-state index is 0.0258. The standard InChI is InChI=1S/C19H25ClF2N2O3/c1-18(2,3)27-17(26)24-11-19(22,10-23)9-14(24)15(25)8-7-12-5-4-6-13(20)16(12)21/h4-6,14H,7-11,23H2,1-3H3/t14-,19-/m0/s1. The first-order valence-electron chi connectivity index (χ1n) is 8.80. The van der Waals surface area contributed by atoms with Crippen LogP contribution in [0.1, 0.15) is 39.2 Å². The molecule has 1 aromatic rings. The number of nitrogens with zero attached hydrogens (tertiary/aromatic N) is 1. The van der Waals surface area contributed by atoms with Gasteiger partial charge in [-0.15, -0.1) is 0 Å². The van der Waals surface area contributed by atoms with Crippen molar-refractivity contribution in [1.82, 2.24) is 4.90 Å². The van der Waals surface area contributed by atoms with E-state index < -0.39 is 29.2 Å². The summed E-state index contributed by atoms with van der Waals surface area (Å²) >= 11 is 5.75. The second-order valence-corrected chi connectivity index (χ2v) is 8.27. The van der Waals surface area contributed by atoms with Gasteiger partial charge in [-0.05, 0) is 38.8 Å². The summed E-state index contributed by atoms with van der Waals surface area (Å²) in [5.41, 5.74) is 3.16. The first-order chi connectivity index (χ1) is 12.5. The summed E-state index contributed by atoms with van der Waals surface area (Å²) in [6.45, 7) is 4.45. The van der Waals surface area contributed by atoms with Crippen LogP contribution in [0.25, 0.3) is 0 Å². The van der Waals surface area contributed by atoms with Crippen LogP contribution in [-0.4, -0.2) is 47.2 Å². The van der Waals surface area contributed by atoms with Crippen LogP contribution >= 0.6 is 11.6 Å². The van der Waals surface area contributed by atoms with Gasteiger partial charge >= 0.3 is 6.09 Å². The molecule has 1 aliphatic rings. The maximum absolute atomic E-state index is 14.8. The van der Waals surface area contributed by atoms with Gasteiger partial charge in [-0.3, -0.25) is 9.69 Å². The SMILES string of the molecule is CC(C)(C)OC(=O)N1C[C@@](F)(CN)C[C@H]1C(=O)CCc1cccc(Cl)c1F. The molecule has 0 bridgehead atoms. The number of hydrogen-bond acceptors (Lipinski definition) is 4. The van der Waals surface area contributed by atoms with Crippen molar-refractivity contribution in [2.24, 2.45) is 5.73 Å². The molecule has 1 heterocycles. The Balaban J connectivity index is 2.13. The highest BCUT2D eigenvalue weighted by molar-refractivity contribution is 6.30. The fourth-order valence-corrected chi connectivity index (χ4v) is 3.24. The predicted molar refractivity (Wildman–Crippen MR) is 99.0 cm³/mol. The molecule has 1 saturated heterocycles. The van der Waals surface area contributed by atoms with Crippen molar-refractivity contribution in [2.45, 2.75) is 57.3 Å². The number of rotatable bonds is 5. The number of aryl methyl sites for hydroxylation is 1. The number of hydrogen-bond donors (Lipinski definition) is 1. The van der Waals surface area contributed by atoms with Gasteiger partial charge in [0.1, 0.15) is 17.1 Å². The maximum Gasteiger partial charge on any atom is 0.411 e. The molecule has 1 aliphatic heterocycles. The number of carbonyl (C=O) groups is 2. The van der Waals surface area contributed by atoms with Crippen LogP contribution in [0.2, 0.25) is 5.02 Å². The Morgan fingerprint density at radius 1 is 1.41 bits per heavy atom. The van der Waals surface area contributed by atoms with Crippen molar-refractivity contribution in [3.05, 3.63) is 34.6 Å². The van der Waals surface area contributed by atoms with Crippen molar-refractivity contribution >= 4 is 23.5 Å². The Bertz CT molecular complexity index is 723. The third-order valence-corrected chi connectivity index (χ3v) is 4.72. The number of nitrogens with two attached hydrogens (primary N) is 1. The molecule has 2 atom stereocenters. The van der Waals surface area contributed by atoms with Gasteiger partial charge in [-0.25, -0.2) is 13.6 Å². The van der Waals surface area contributed by atoms with Gasteiger partial charge in [-0.2, -0.15) is 0 Å². The first-order valence-corrected chi connectivity index (χ1v) is 9.18. The zero-order chi connectivity index (χ0) is 20.4. The van der Waals surface area contributed by atoms with Crippen LogP contribution < -0.4 is 5.73 Å². The van der Waals surface area contributed by atoms with Gasteiger partial charge < -0.3 is 10.5 Å². The highest BCUT2D eigenvalue weighted by Gasteiger charge is 2.49. The lowest BCUT2D eigenvalue weighted by Crippen LogP contribution is -2.44. The summed E-state index contributed by atoms with van der Waals surface area (Å²) in [7, 11) is 0. The fourth-order valence-electron chi connectivity index (χ4n) is 3.05. The van der Waals surface area contributed by atoms with E-state index in [0.29, 0.717) is 5.56 Å². The molecule has 2 rings (SSSR count). The van der Waals surface area contributed by atoms with E-state index in [0.717, 1.165) is 4.90 Å². The molecule has 5 nitrogen and oxygen atoms in total. The van der Waals surface area contributed by atoms with E-state index in [1.807, 2.05) is 0 Å². The largest absolute Gasteiger partial charge is 0.444 e. The molecule has 0 aromatic heterocycles. The topological polar surface area (TPSA) is 72.6 Å². The molecule has 0 saturated carbocycles. The van der Waals surface area contributed by atoms with E-state index in [4.69, 9.17) is 22.1 Å². The van der Waals surface area contributed by atoms with Crippen LogP contribution in [0.4, 0.5) is 13.6 Å². The Morgan fingerprint density at radius 3 is 2.67 bits per heavy atom. The monoisotopic (exact) mass is 402 g/mol. The quantitative estimate of drug-likeness (QED) is 0.815. The molecule has 27 heavy (non-hydrogen) atoms. The smallest absolute Gasteiger partial charge is 0.411 e. The van der Waals surface area contributed by atoms with E-state index in [9.17, 15) is 18.4 Å². The van der Waals surface area contributed by atoms with E-state index in [1.165, 1.54) is 12.1 Å². The van der Waals surface area contributed by atoms with Crippen LogP contribution in [0.3, 0.4) is 0 Å². The van der Waals surface area contributed by atoms with E-state index >= 15 is 0 Å². The predicted octanol–water partition coefficient (Wildman–Crippen LogP) is 3.66. The number of ether oxygens (including phenoxy) is 1. The number of carbonyl (C=O) groups excluding carboxylic acids is 2. The van der Waals surface area contributed by atoms with Crippen LogP contribution in [0.5, 0.6) is 0 Å². The summed E-state index contributed by atoms with van der Waals surface area (Å²) in [6, 6.07) is 3.56. The minimum atomic E-state index is -1.85. The maximum atomic E-state index is 14.8. The highest BCUT2D eigenvalue weighted by Crippen LogP contribution is 2.32. The number of amides is 1. The van der Waals surface area contributed by atoms with E-state index in [1.54, 1.807) is 26.8 Å². The number of alkyl halides is 1. The van der Waals surface area contributed by atoms with Crippen LogP contribution in [-0.2, 0) is 16.0 Å². The molecular formula is C19H25ClF2N2O3. The van der Waals surface area contributed by atoms with Crippen LogP contribution in [0, 0.1) is 5.82 Å². The Hall–Kier alpha value is -1.73. The molecule has 0 radical (unpaired) electrons. The first kappa shape index (κ1) is 21.6. The summed E-state index contributed by atoms with van der Waals surface area (Å²) in [4.78, 5) is 26.2. The average molecular weight is 403 g/mol. The van der Waals surface area contributed by atoms with Crippen molar-refractivity contribution in [3.63, 3.8) is 0 Å². The third-order valence-electron chi connectivity index (χ3n) is 4.43. The molecule has 2 N–H and O–H groups in total. The highest BCUT2D eigenvalue weighted by atomic mass is 35.5. The molecule has 1 aromatic carbocycles. The number of ketones is 1. The molecule has 0 spiro atoms. The summed E-state index contributed by atoms with van der Waals surface area (Å²) in [5, 5.41) is -0.0258. The Morgan fingerprint density at radius 2 is 2.07 bits per heavy atom. The van der Waals surface area contributed by atoms with Gasteiger partial charge in [0.15, 0.2) is 5.78 Å². The number of Topliss-reactive ketones (excluding diaryl/α,β-unsaturated/α-hetero) is 1. The van der Waals surface area contributed by atoms with Crippen molar-refractivity contribution in [3.8, 4) is 0 Å². The molecular weight excluding hydrogens is 378 g/mol.